The quantitative estimate of drug-likeness (QED) is 0.710. The van der Waals surface area contributed by atoms with Crippen molar-refractivity contribution in [2.24, 2.45) is 17.8 Å². The molecule has 3 atom stereocenters. The molecule has 0 bridgehead atoms. The molecule has 0 spiro atoms. The van der Waals surface area contributed by atoms with Crippen molar-refractivity contribution in [2.75, 3.05) is 6.61 Å². The summed E-state index contributed by atoms with van der Waals surface area (Å²) in [5.74, 6) is 1.71. The Kier molecular flexibility index (Phi) is 4.49. The summed E-state index contributed by atoms with van der Waals surface area (Å²) in [5, 5.41) is 0. The van der Waals surface area contributed by atoms with Gasteiger partial charge >= 0.3 is 5.97 Å². The van der Waals surface area contributed by atoms with Crippen LogP contribution in [-0.4, -0.2) is 12.6 Å². The maximum Gasteiger partial charge on any atom is 0.302 e. The highest BCUT2D eigenvalue weighted by Gasteiger charge is 2.31. The van der Waals surface area contributed by atoms with Crippen LogP contribution in [0.2, 0.25) is 0 Å². The third-order valence-electron chi connectivity index (χ3n) is 4.71. The molecule has 2 aliphatic rings. The molecule has 0 radical (unpaired) electrons. The second kappa shape index (κ2) is 5.94. The number of carbonyl (C=O) groups is 1. The lowest BCUT2D eigenvalue weighted by Gasteiger charge is -2.37. The lowest BCUT2D eigenvalue weighted by atomic mass is 9.68. The normalized spacial score (nSPS) is 28.5. The Bertz CT molecular complexity index is 417. The lowest BCUT2D eigenvalue weighted by molar-refractivity contribution is -0.141. The summed E-state index contributed by atoms with van der Waals surface area (Å²) in [5.41, 5.74) is 4.59. The van der Waals surface area contributed by atoms with Gasteiger partial charge in [-0.25, -0.2) is 0 Å². The van der Waals surface area contributed by atoms with Crippen LogP contribution in [0.25, 0.3) is 0 Å². The van der Waals surface area contributed by atoms with Gasteiger partial charge < -0.3 is 4.74 Å². The van der Waals surface area contributed by atoms with Gasteiger partial charge in [0.15, 0.2) is 0 Å². The van der Waals surface area contributed by atoms with E-state index in [0.29, 0.717) is 12.5 Å². The van der Waals surface area contributed by atoms with Crippen molar-refractivity contribution in [3.8, 4) is 0 Å². The van der Waals surface area contributed by atoms with Gasteiger partial charge in [-0.1, -0.05) is 31.1 Å². The van der Waals surface area contributed by atoms with E-state index in [-0.39, 0.29) is 5.97 Å². The van der Waals surface area contributed by atoms with Crippen molar-refractivity contribution in [2.45, 2.75) is 53.4 Å². The van der Waals surface area contributed by atoms with Gasteiger partial charge in [0.05, 0.1) is 6.61 Å². The van der Waals surface area contributed by atoms with Crippen molar-refractivity contribution in [1.82, 2.24) is 0 Å². The summed E-state index contributed by atoms with van der Waals surface area (Å²) in [6.07, 6.45) is 7.39. The van der Waals surface area contributed by atoms with E-state index in [1.807, 2.05) is 0 Å². The van der Waals surface area contributed by atoms with E-state index in [1.54, 1.807) is 5.57 Å². The van der Waals surface area contributed by atoms with E-state index in [9.17, 15) is 4.79 Å². The molecule has 0 aromatic carbocycles. The maximum atomic E-state index is 11.0. The number of fused-ring (bicyclic) bond motifs is 1. The molecule has 2 heteroatoms. The zero-order valence-electron chi connectivity index (χ0n) is 12.7. The van der Waals surface area contributed by atoms with E-state index >= 15 is 0 Å². The molecular weight excluding hydrogens is 236 g/mol. The Labute approximate surface area is 116 Å². The summed E-state index contributed by atoms with van der Waals surface area (Å²) in [7, 11) is 0. The summed E-state index contributed by atoms with van der Waals surface area (Å²) >= 11 is 0. The van der Waals surface area contributed by atoms with Gasteiger partial charge in [0.2, 0.25) is 0 Å². The number of ether oxygens (including phenoxy) is 1. The minimum absolute atomic E-state index is 0.173. The smallest absolute Gasteiger partial charge is 0.302 e. The van der Waals surface area contributed by atoms with Crippen LogP contribution in [0.4, 0.5) is 0 Å². The molecule has 0 unspecified atom stereocenters. The highest BCUT2D eigenvalue weighted by Crippen LogP contribution is 2.44. The topological polar surface area (TPSA) is 26.3 Å². The molecule has 0 saturated heterocycles. The molecule has 0 aromatic rings. The number of esters is 1. The van der Waals surface area contributed by atoms with Crippen LogP contribution in [0.15, 0.2) is 22.8 Å². The zero-order valence-corrected chi connectivity index (χ0v) is 12.7. The third-order valence-corrected chi connectivity index (χ3v) is 4.71. The molecule has 0 saturated carbocycles. The van der Waals surface area contributed by atoms with E-state index in [1.165, 1.54) is 43.8 Å². The standard InChI is InChI=1S/C17H26O2/c1-11-5-7-15-12(2)6-8-16(17(15)9-11)13(3)10-19-14(4)18/h9,12-13,15H,5-8,10H2,1-4H3/t12-,13+,15-/m0/s1. The van der Waals surface area contributed by atoms with Crippen LogP contribution < -0.4 is 0 Å². The van der Waals surface area contributed by atoms with Gasteiger partial charge in [-0.15, -0.1) is 0 Å². The molecule has 2 aliphatic carbocycles. The van der Waals surface area contributed by atoms with Crippen LogP contribution in [0, 0.1) is 17.8 Å². The molecular formula is C17H26O2. The predicted molar refractivity (Wildman–Crippen MR) is 77.7 cm³/mol. The molecule has 0 aromatic heterocycles. The Morgan fingerprint density at radius 1 is 1.42 bits per heavy atom. The highest BCUT2D eigenvalue weighted by atomic mass is 16.5. The van der Waals surface area contributed by atoms with Gasteiger partial charge in [-0.3, -0.25) is 4.79 Å². The van der Waals surface area contributed by atoms with Crippen LogP contribution in [0.5, 0.6) is 0 Å². The average molecular weight is 262 g/mol. The second-order valence-electron chi connectivity index (χ2n) is 6.34. The van der Waals surface area contributed by atoms with Gasteiger partial charge in [0.25, 0.3) is 0 Å². The predicted octanol–water partition coefficient (Wildman–Crippen LogP) is 4.27. The van der Waals surface area contributed by atoms with Crippen LogP contribution >= 0.6 is 0 Å². The van der Waals surface area contributed by atoms with Crippen molar-refractivity contribution in [1.29, 1.82) is 0 Å². The number of carbonyl (C=O) groups excluding carboxylic acids is 1. The molecule has 0 heterocycles. The van der Waals surface area contributed by atoms with Gasteiger partial charge in [-0.2, -0.15) is 0 Å². The van der Waals surface area contributed by atoms with Crippen LogP contribution in [0.1, 0.15) is 53.4 Å². The molecule has 106 valence electrons. The first-order valence-electron chi connectivity index (χ1n) is 7.52. The minimum atomic E-state index is -0.173. The van der Waals surface area contributed by atoms with Crippen LogP contribution in [-0.2, 0) is 9.53 Å². The average Bonchev–Trinajstić information content (AvgIpc) is 2.36. The highest BCUT2D eigenvalue weighted by molar-refractivity contribution is 5.65. The fourth-order valence-electron chi connectivity index (χ4n) is 3.51. The second-order valence-corrected chi connectivity index (χ2v) is 6.34. The number of hydrogen-bond donors (Lipinski definition) is 0. The van der Waals surface area contributed by atoms with Gasteiger partial charge in [0, 0.05) is 12.8 Å². The van der Waals surface area contributed by atoms with Gasteiger partial charge in [0.1, 0.15) is 0 Å². The van der Waals surface area contributed by atoms with Crippen molar-refractivity contribution in [3.05, 3.63) is 22.8 Å². The molecule has 0 N–H and O–H groups in total. The largest absolute Gasteiger partial charge is 0.465 e. The van der Waals surface area contributed by atoms with E-state index in [0.717, 1.165) is 11.8 Å². The molecule has 0 amide bonds. The summed E-state index contributed by atoms with van der Waals surface area (Å²) < 4.78 is 5.20. The first kappa shape index (κ1) is 14.4. The SMILES string of the molecule is CC(=O)OC[C@@H](C)C1=C2C=C(C)CC[C@H]2[C@@H](C)CC1. The summed E-state index contributed by atoms with van der Waals surface area (Å²) in [6.45, 7) is 8.82. The maximum absolute atomic E-state index is 11.0. The number of rotatable bonds is 3. The molecule has 2 rings (SSSR count). The fourth-order valence-corrected chi connectivity index (χ4v) is 3.51. The van der Waals surface area contributed by atoms with E-state index in [4.69, 9.17) is 4.74 Å². The number of allylic oxidation sites excluding steroid dienone is 3. The summed E-state index contributed by atoms with van der Waals surface area (Å²) in [6, 6.07) is 0. The lowest BCUT2D eigenvalue weighted by Crippen LogP contribution is -2.26. The fraction of sp³-hybridized carbons (Fsp3) is 0.706. The molecule has 0 fully saturated rings. The Hall–Kier alpha value is -1.05. The third kappa shape index (κ3) is 3.29. The van der Waals surface area contributed by atoms with Crippen molar-refractivity contribution < 1.29 is 9.53 Å². The van der Waals surface area contributed by atoms with Crippen molar-refractivity contribution in [3.63, 3.8) is 0 Å². The monoisotopic (exact) mass is 262 g/mol. The zero-order chi connectivity index (χ0) is 14.0. The minimum Gasteiger partial charge on any atom is -0.465 e. The first-order valence-corrected chi connectivity index (χ1v) is 7.52. The Balaban J connectivity index is 2.22. The molecule has 0 aliphatic heterocycles. The summed E-state index contributed by atoms with van der Waals surface area (Å²) in [4.78, 5) is 11.0. The number of hydrogen-bond acceptors (Lipinski definition) is 2. The van der Waals surface area contributed by atoms with Gasteiger partial charge in [-0.05, 0) is 50.0 Å². The van der Waals surface area contributed by atoms with Crippen LogP contribution in [0.3, 0.4) is 0 Å². The Morgan fingerprint density at radius 3 is 2.84 bits per heavy atom. The first-order chi connectivity index (χ1) is 8.99. The van der Waals surface area contributed by atoms with Crippen molar-refractivity contribution >= 4 is 5.97 Å². The Morgan fingerprint density at radius 2 is 2.16 bits per heavy atom. The van der Waals surface area contributed by atoms with E-state index < -0.39 is 0 Å². The molecule has 19 heavy (non-hydrogen) atoms. The van der Waals surface area contributed by atoms with E-state index in [2.05, 4.69) is 26.8 Å². The molecule has 2 nitrogen and oxygen atoms in total.